The van der Waals surface area contributed by atoms with Crippen molar-refractivity contribution in [3.8, 4) is 11.1 Å². The molecule has 0 aliphatic carbocycles. The van der Waals surface area contributed by atoms with Gasteiger partial charge in [0.15, 0.2) is 0 Å². The van der Waals surface area contributed by atoms with E-state index < -0.39 is 5.79 Å². The number of amides is 1. The SMILES string of the molecule is CCNC1(c2cccc(C)n2)N=C(c2ccc(-c3cccc(C4CCN(C=O)C4)c3)cn2)C=CN1. The molecule has 2 N–H and O–H groups in total. The zero-order valence-corrected chi connectivity index (χ0v) is 20.1. The van der Waals surface area contributed by atoms with Crippen LogP contribution in [0, 0.1) is 6.92 Å². The summed E-state index contributed by atoms with van der Waals surface area (Å²) in [6.07, 6.45) is 7.69. The molecular formula is C28H30N6O. The monoisotopic (exact) mass is 466 g/mol. The Kier molecular flexibility index (Phi) is 6.42. The van der Waals surface area contributed by atoms with Gasteiger partial charge in [-0.15, -0.1) is 0 Å². The Morgan fingerprint density at radius 3 is 2.80 bits per heavy atom. The van der Waals surface area contributed by atoms with Crippen LogP contribution in [0.25, 0.3) is 11.1 Å². The highest BCUT2D eigenvalue weighted by Crippen LogP contribution is 2.30. The molecule has 0 radical (unpaired) electrons. The predicted molar refractivity (Wildman–Crippen MR) is 138 cm³/mol. The summed E-state index contributed by atoms with van der Waals surface area (Å²) >= 11 is 0. The van der Waals surface area contributed by atoms with Crippen LogP contribution in [-0.2, 0) is 10.6 Å². The lowest BCUT2D eigenvalue weighted by Gasteiger charge is -2.33. The minimum atomic E-state index is -0.837. The van der Waals surface area contributed by atoms with Crippen LogP contribution in [0.2, 0.25) is 0 Å². The number of hydrogen-bond donors (Lipinski definition) is 2. The van der Waals surface area contributed by atoms with Crippen molar-refractivity contribution >= 4 is 12.1 Å². The van der Waals surface area contributed by atoms with Gasteiger partial charge in [-0.05, 0) is 55.3 Å². The lowest BCUT2D eigenvalue weighted by molar-refractivity contribution is -0.117. The van der Waals surface area contributed by atoms with Crippen molar-refractivity contribution in [1.82, 2.24) is 25.5 Å². The molecule has 2 atom stereocenters. The molecule has 2 unspecified atom stereocenters. The van der Waals surface area contributed by atoms with Gasteiger partial charge < -0.3 is 10.2 Å². The van der Waals surface area contributed by atoms with Crippen LogP contribution in [0.1, 0.15) is 41.9 Å². The van der Waals surface area contributed by atoms with Gasteiger partial charge >= 0.3 is 0 Å². The number of rotatable bonds is 7. The molecule has 0 saturated carbocycles. The van der Waals surface area contributed by atoms with Gasteiger partial charge in [-0.25, -0.2) is 4.99 Å². The first-order valence-electron chi connectivity index (χ1n) is 12.1. The van der Waals surface area contributed by atoms with Crippen molar-refractivity contribution < 1.29 is 4.79 Å². The number of aromatic nitrogens is 2. The van der Waals surface area contributed by atoms with Gasteiger partial charge in [0, 0.05) is 42.7 Å². The molecule has 178 valence electrons. The Labute approximate surface area is 206 Å². The maximum Gasteiger partial charge on any atom is 0.229 e. The Morgan fingerprint density at radius 1 is 1.17 bits per heavy atom. The van der Waals surface area contributed by atoms with Gasteiger partial charge in [-0.2, -0.15) is 0 Å². The Bertz CT molecular complexity index is 1270. The van der Waals surface area contributed by atoms with Crippen molar-refractivity contribution in [2.24, 2.45) is 4.99 Å². The van der Waals surface area contributed by atoms with Gasteiger partial charge in [0.25, 0.3) is 0 Å². The number of carbonyl (C=O) groups is 1. The fourth-order valence-corrected chi connectivity index (χ4v) is 4.79. The van der Waals surface area contributed by atoms with Crippen molar-refractivity contribution in [3.05, 3.63) is 95.7 Å². The van der Waals surface area contributed by atoms with E-state index in [0.29, 0.717) is 5.92 Å². The molecule has 0 spiro atoms. The molecule has 2 aliphatic rings. The van der Waals surface area contributed by atoms with E-state index >= 15 is 0 Å². The molecule has 1 fully saturated rings. The molecule has 1 aromatic carbocycles. The smallest absolute Gasteiger partial charge is 0.229 e. The largest absolute Gasteiger partial charge is 0.350 e. The van der Waals surface area contributed by atoms with Crippen LogP contribution in [-0.4, -0.2) is 46.6 Å². The second-order valence-corrected chi connectivity index (χ2v) is 9.02. The topological polar surface area (TPSA) is 82.5 Å². The van der Waals surface area contributed by atoms with Crippen LogP contribution < -0.4 is 10.6 Å². The quantitative estimate of drug-likeness (QED) is 0.519. The average molecular weight is 467 g/mol. The first-order valence-corrected chi connectivity index (χ1v) is 12.1. The molecule has 0 bridgehead atoms. The fraction of sp³-hybridized carbons (Fsp3) is 0.286. The zero-order valence-electron chi connectivity index (χ0n) is 20.1. The molecule has 4 heterocycles. The van der Waals surface area contributed by atoms with Crippen LogP contribution in [0.5, 0.6) is 0 Å². The number of benzene rings is 1. The number of likely N-dealkylation sites (tertiary alicyclic amines) is 1. The molecule has 1 amide bonds. The summed E-state index contributed by atoms with van der Waals surface area (Å²) in [4.78, 5) is 27.4. The van der Waals surface area contributed by atoms with Gasteiger partial charge in [0.1, 0.15) is 5.69 Å². The third-order valence-electron chi connectivity index (χ3n) is 6.60. The molecule has 5 rings (SSSR count). The molecule has 7 nitrogen and oxygen atoms in total. The normalized spacial score (nSPS) is 21.5. The van der Waals surface area contributed by atoms with E-state index in [1.807, 2.05) is 54.6 Å². The number of carbonyl (C=O) groups excluding carboxylic acids is 1. The first-order chi connectivity index (χ1) is 17.1. The highest BCUT2D eigenvalue weighted by molar-refractivity contribution is 6.08. The summed E-state index contributed by atoms with van der Waals surface area (Å²) in [6, 6.07) is 18.6. The van der Waals surface area contributed by atoms with E-state index in [4.69, 9.17) is 15.0 Å². The van der Waals surface area contributed by atoms with Gasteiger partial charge in [0.05, 0.1) is 11.4 Å². The van der Waals surface area contributed by atoms with Crippen LogP contribution >= 0.6 is 0 Å². The molecule has 1 saturated heterocycles. The number of nitrogens with zero attached hydrogens (tertiary/aromatic N) is 4. The summed E-state index contributed by atoms with van der Waals surface area (Å²) in [5.41, 5.74) is 6.78. The molecule has 3 aromatic rings. The number of aliphatic imine (C=N–C) groups is 1. The predicted octanol–water partition coefficient (Wildman–Crippen LogP) is 3.72. The Morgan fingerprint density at radius 2 is 2.06 bits per heavy atom. The highest BCUT2D eigenvalue weighted by Gasteiger charge is 2.33. The number of hydrogen-bond acceptors (Lipinski definition) is 6. The van der Waals surface area contributed by atoms with Crippen molar-refractivity contribution in [1.29, 1.82) is 0 Å². The number of aryl methyl sites for hydroxylation is 1. The second-order valence-electron chi connectivity index (χ2n) is 9.02. The number of nitrogens with one attached hydrogen (secondary N) is 2. The second kappa shape index (κ2) is 9.80. The van der Waals surface area contributed by atoms with Crippen molar-refractivity contribution in [2.75, 3.05) is 19.6 Å². The minimum absolute atomic E-state index is 0.385. The number of pyridine rings is 2. The molecular weight excluding hydrogens is 436 g/mol. The Hall–Kier alpha value is -3.84. The van der Waals surface area contributed by atoms with Gasteiger partial charge in [0.2, 0.25) is 12.2 Å². The maximum atomic E-state index is 11.1. The molecule has 2 aliphatic heterocycles. The van der Waals surface area contributed by atoms with Crippen LogP contribution in [0.3, 0.4) is 0 Å². The molecule has 35 heavy (non-hydrogen) atoms. The fourth-order valence-electron chi connectivity index (χ4n) is 4.79. The Balaban J connectivity index is 1.41. The maximum absolute atomic E-state index is 11.1. The minimum Gasteiger partial charge on any atom is -0.350 e. The molecule has 2 aromatic heterocycles. The van der Waals surface area contributed by atoms with Crippen LogP contribution in [0.15, 0.2) is 78.1 Å². The van der Waals surface area contributed by atoms with E-state index in [1.165, 1.54) is 5.56 Å². The average Bonchev–Trinajstić information content (AvgIpc) is 3.39. The summed E-state index contributed by atoms with van der Waals surface area (Å²) in [5.74, 6) is -0.452. The summed E-state index contributed by atoms with van der Waals surface area (Å²) in [7, 11) is 0. The number of allylic oxidation sites excluding steroid dienone is 1. The molecule has 7 heteroatoms. The van der Waals surface area contributed by atoms with Crippen molar-refractivity contribution in [2.45, 2.75) is 32.0 Å². The summed E-state index contributed by atoms with van der Waals surface area (Å²) < 4.78 is 0. The summed E-state index contributed by atoms with van der Waals surface area (Å²) in [5, 5.41) is 6.81. The van der Waals surface area contributed by atoms with E-state index in [-0.39, 0.29) is 0 Å². The third-order valence-corrected chi connectivity index (χ3v) is 6.60. The van der Waals surface area contributed by atoms with Gasteiger partial charge in [-0.3, -0.25) is 20.1 Å². The first kappa shape index (κ1) is 22.9. The van der Waals surface area contributed by atoms with Gasteiger partial charge in [-0.1, -0.05) is 43.3 Å². The standard InChI is InChI=1S/C28H30N6O/c1-3-30-28(27-9-4-6-20(2)32-27)31-14-12-26(33-28)25-11-10-23(17-29-25)21-7-5-8-22(16-21)24-13-15-34(18-24)19-35/h4-12,14,16-17,19,24,30-31H,3,13,15,18H2,1-2H3. The summed E-state index contributed by atoms with van der Waals surface area (Å²) in [6.45, 7) is 6.36. The van der Waals surface area contributed by atoms with Crippen LogP contribution in [0.4, 0.5) is 0 Å². The van der Waals surface area contributed by atoms with Crippen molar-refractivity contribution in [3.63, 3.8) is 0 Å². The van der Waals surface area contributed by atoms with E-state index in [9.17, 15) is 4.79 Å². The highest BCUT2D eigenvalue weighted by atomic mass is 16.1. The van der Waals surface area contributed by atoms with E-state index in [1.54, 1.807) is 0 Å². The van der Waals surface area contributed by atoms with E-state index in [2.05, 4.69) is 47.9 Å². The third kappa shape index (κ3) is 4.72. The van der Waals surface area contributed by atoms with E-state index in [0.717, 1.165) is 66.4 Å². The lowest BCUT2D eigenvalue weighted by atomic mass is 9.95. The zero-order chi connectivity index (χ0) is 24.3. The lowest BCUT2D eigenvalue weighted by Crippen LogP contribution is -2.53.